The zero-order valence-corrected chi connectivity index (χ0v) is 8.39. The molecule has 1 aromatic carbocycles. The predicted molar refractivity (Wildman–Crippen MR) is 49.5 cm³/mol. The molecule has 0 amide bonds. The van der Waals surface area contributed by atoms with E-state index < -0.39 is 12.0 Å². The lowest BCUT2D eigenvalue weighted by Gasteiger charge is -2.05. The van der Waals surface area contributed by atoms with Crippen molar-refractivity contribution in [2.75, 3.05) is 0 Å². The molecule has 0 aliphatic carbocycles. The summed E-state index contributed by atoms with van der Waals surface area (Å²) in [7, 11) is 0. The summed E-state index contributed by atoms with van der Waals surface area (Å²) in [6, 6.07) is 5.60. The quantitative estimate of drug-likeness (QED) is 0.575. The van der Waals surface area contributed by atoms with Crippen molar-refractivity contribution in [2.24, 2.45) is 0 Å². The number of carbonyl (C=O) groups excluding carboxylic acids is 1. The summed E-state index contributed by atoms with van der Waals surface area (Å²) in [5.74, 6) is -1.79. The number of hydrogen-bond acceptors (Lipinski definition) is 1. The van der Waals surface area contributed by atoms with Gasteiger partial charge in [0, 0.05) is 9.13 Å². The molecule has 0 saturated carbocycles. The smallest absolute Gasteiger partial charge is 0.284 e. The maximum atomic E-state index is 12.0. The Morgan fingerprint density at radius 3 is 2.23 bits per heavy atom. The van der Waals surface area contributed by atoms with Gasteiger partial charge in [-0.3, -0.25) is 4.79 Å². The fourth-order valence-electron chi connectivity index (χ4n) is 0.798. The summed E-state index contributed by atoms with van der Waals surface area (Å²) in [4.78, 5) is 10.8. The number of halogens is 4. The van der Waals surface area contributed by atoms with Gasteiger partial charge in [-0.05, 0) is 34.7 Å². The van der Waals surface area contributed by atoms with Crippen molar-refractivity contribution in [3.05, 3.63) is 33.4 Å². The van der Waals surface area contributed by atoms with E-state index in [0.717, 1.165) is 6.07 Å². The monoisotopic (exact) mass is 300 g/mol. The van der Waals surface area contributed by atoms with E-state index in [1.54, 1.807) is 28.7 Å². The van der Waals surface area contributed by atoms with Gasteiger partial charge >= 0.3 is 6.18 Å². The van der Waals surface area contributed by atoms with Gasteiger partial charge in [0.2, 0.25) is 0 Å². The van der Waals surface area contributed by atoms with Crippen LogP contribution in [0.2, 0.25) is 0 Å². The van der Waals surface area contributed by atoms with Crippen molar-refractivity contribution in [1.82, 2.24) is 0 Å². The minimum atomic E-state index is -4.79. The first-order valence-electron chi connectivity index (χ1n) is 3.29. The minimum absolute atomic E-state index is 0.296. The first kappa shape index (κ1) is 10.5. The zero-order chi connectivity index (χ0) is 10.1. The number of rotatable bonds is 1. The predicted octanol–water partition coefficient (Wildman–Crippen LogP) is 3.04. The van der Waals surface area contributed by atoms with Crippen LogP contribution in [0.1, 0.15) is 10.4 Å². The maximum Gasteiger partial charge on any atom is 0.454 e. The average Bonchev–Trinajstić information content (AvgIpc) is 2.02. The Hall–Kier alpha value is -0.590. The Labute approximate surface area is 86.1 Å². The highest BCUT2D eigenvalue weighted by atomic mass is 127. The van der Waals surface area contributed by atoms with E-state index >= 15 is 0 Å². The number of carbonyl (C=O) groups is 1. The summed E-state index contributed by atoms with van der Waals surface area (Å²) in [6.45, 7) is 0. The van der Waals surface area contributed by atoms with E-state index in [4.69, 9.17) is 0 Å². The lowest BCUT2D eigenvalue weighted by Crippen LogP contribution is -2.23. The van der Waals surface area contributed by atoms with Gasteiger partial charge in [-0.15, -0.1) is 0 Å². The molecular weight excluding hydrogens is 296 g/mol. The fourth-order valence-corrected chi connectivity index (χ4v) is 1.43. The van der Waals surface area contributed by atoms with Gasteiger partial charge in [0.25, 0.3) is 5.78 Å². The normalized spacial score (nSPS) is 11.4. The topological polar surface area (TPSA) is 17.1 Å². The summed E-state index contributed by atoms with van der Waals surface area (Å²) >= 11 is 1.69. The SMILES string of the molecule is O=C(c1ccccc1I)C(F)(F)F. The molecule has 1 rings (SSSR count). The van der Waals surface area contributed by atoms with Gasteiger partial charge in [0.05, 0.1) is 0 Å². The van der Waals surface area contributed by atoms with E-state index in [-0.39, 0.29) is 5.56 Å². The Kier molecular flexibility index (Phi) is 2.94. The molecule has 0 unspecified atom stereocenters. The van der Waals surface area contributed by atoms with Gasteiger partial charge in [0.15, 0.2) is 0 Å². The van der Waals surface area contributed by atoms with Crippen LogP contribution in [0.3, 0.4) is 0 Å². The molecular formula is C8H4F3IO. The molecule has 0 aromatic heterocycles. The highest BCUT2D eigenvalue weighted by molar-refractivity contribution is 14.1. The highest BCUT2D eigenvalue weighted by Gasteiger charge is 2.39. The molecule has 1 nitrogen and oxygen atoms in total. The first-order chi connectivity index (χ1) is 5.93. The molecule has 70 valence electrons. The maximum absolute atomic E-state index is 12.0. The third-order valence-electron chi connectivity index (χ3n) is 1.38. The average molecular weight is 300 g/mol. The summed E-state index contributed by atoms with van der Waals surface area (Å²) in [5, 5.41) is 0. The summed E-state index contributed by atoms with van der Waals surface area (Å²) in [5.41, 5.74) is -0.296. The molecule has 0 fully saturated rings. The van der Waals surface area contributed by atoms with E-state index in [9.17, 15) is 18.0 Å². The third kappa shape index (κ3) is 2.43. The summed E-state index contributed by atoms with van der Waals surface area (Å²) in [6.07, 6.45) is -4.79. The zero-order valence-electron chi connectivity index (χ0n) is 6.23. The van der Waals surface area contributed by atoms with Crippen LogP contribution in [0.25, 0.3) is 0 Å². The first-order valence-corrected chi connectivity index (χ1v) is 4.37. The lowest BCUT2D eigenvalue weighted by molar-refractivity contribution is -0.0885. The summed E-state index contributed by atoms with van der Waals surface area (Å²) < 4.78 is 36.2. The van der Waals surface area contributed by atoms with Crippen LogP contribution in [0, 0.1) is 3.57 Å². The van der Waals surface area contributed by atoms with Crippen molar-refractivity contribution in [3.63, 3.8) is 0 Å². The standard InChI is InChI=1S/C8H4F3IO/c9-8(10,11)7(13)5-3-1-2-4-6(5)12/h1-4H. The Morgan fingerprint density at radius 1 is 1.23 bits per heavy atom. The molecule has 5 heteroatoms. The molecule has 0 atom stereocenters. The van der Waals surface area contributed by atoms with Crippen LogP contribution in [0.4, 0.5) is 13.2 Å². The van der Waals surface area contributed by atoms with E-state index in [0.29, 0.717) is 3.57 Å². The number of hydrogen-bond donors (Lipinski definition) is 0. The van der Waals surface area contributed by atoms with Crippen molar-refractivity contribution in [1.29, 1.82) is 0 Å². The largest absolute Gasteiger partial charge is 0.454 e. The third-order valence-corrected chi connectivity index (χ3v) is 2.32. The Bertz CT molecular complexity index is 332. The van der Waals surface area contributed by atoms with Crippen LogP contribution < -0.4 is 0 Å². The van der Waals surface area contributed by atoms with Gasteiger partial charge in [-0.2, -0.15) is 13.2 Å². The van der Waals surface area contributed by atoms with Crippen LogP contribution in [0.15, 0.2) is 24.3 Å². The molecule has 0 bridgehead atoms. The second-order valence-electron chi connectivity index (χ2n) is 2.31. The van der Waals surface area contributed by atoms with Crippen LogP contribution in [-0.4, -0.2) is 12.0 Å². The van der Waals surface area contributed by atoms with Crippen molar-refractivity contribution >= 4 is 28.4 Å². The molecule has 0 aliphatic heterocycles. The molecule has 1 aromatic rings. The van der Waals surface area contributed by atoms with E-state index in [2.05, 4.69) is 0 Å². The fraction of sp³-hybridized carbons (Fsp3) is 0.125. The van der Waals surface area contributed by atoms with Crippen LogP contribution in [-0.2, 0) is 0 Å². The second kappa shape index (κ2) is 3.65. The Balaban J connectivity index is 3.10. The van der Waals surface area contributed by atoms with Gasteiger partial charge in [0.1, 0.15) is 0 Å². The number of benzene rings is 1. The van der Waals surface area contributed by atoms with Gasteiger partial charge in [-0.25, -0.2) is 0 Å². The molecule has 13 heavy (non-hydrogen) atoms. The van der Waals surface area contributed by atoms with E-state index in [1.807, 2.05) is 0 Å². The minimum Gasteiger partial charge on any atom is -0.284 e. The lowest BCUT2D eigenvalue weighted by atomic mass is 10.1. The van der Waals surface area contributed by atoms with Crippen LogP contribution >= 0.6 is 22.6 Å². The second-order valence-corrected chi connectivity index (χ2v) is 3.47. The highest BCUT2D eigenvalue weighted by Crippen LogP contribution is 2.24. The number of ketones is 1. The van der Waals surface area contributed by atoms with Gasteiger partial charge < -0.3 is 0 Å². The van der Waals surface area contributed by atoms with Crippen molar-refractivity contribution in [3.8, 4) is 0 Å². The molecule has 0 aliphatic rings. The molecule has 0 N–H and O–H groups in total. The molecule has 0 heterocycles. The Morgan fingerprint density at radius 2 is 1.77 bits per heavy atom. The van der Waals surface area contributed by atoms with Crippen molar-refractivity contribution < 1.29 is 18.0 Å². The number of Topliss-reactive ketones (excluding diaryl/α,β-unsaturated/α-hetero) is 1. The van der Waals surface area contributed by atoms with Gasteiger partial charge in [-0.1, -0.05) is 12.1 Å². The molecule has 0 radical (unpaired) electrons. The number of alkyl halides is 3. The van der Waals surface area contributed by atoms with Crippen LogP contribution in [0.5, 0.6) is 0 Å². The van der Waals surface area contributed by atoms with E-state index in [1.165, 1.54) is 12.1 Å². The van der Waals surface area contributed by atoms with Crippen molar-refractivity contribution in [2.45, 2.75) is 6.18 Å². The molecule has 0 saturated heterocycles. The molecule has 0 spiro atoms.